The number of nitrogens with one attached hydrogen (secondary N) is 1. The van der Waals surface area contributed by atoms with Gasteiger partial charge in [0.2, 0.25) is 0 Å². The van der Waals surface area contributed by atoms with Crippen molar-refractivity contribution in [1.29, 1.82) is 5.26 Å². The molecule has 134 valence electrons. The summed E-state index contributed by atoms with van der Waals surface area (Å²) in [6, 6.07) is 15.3. The summed E-state index contributed by atoms with van der Waals surface area (Å²) in [5.74, 6) is -0.255. The smallest absolute Gasteiger partial charge is 0.266 e. The van der Waals surface area contributed by atoms with Crippen LogP contribution in [0, 0.1) is 17.1 Å². The van der Waals surface area contributed by atoms with Gasteiger partial charge in [0.1, 0.15) is 29.0 Å². The Hall–Kier alpha value is -3.07. The number of amides is 1. The van der Waals surface area contributed by atoms with Crippen LogP contribution in [-0.2, 0) is 4.79 Å². The molecule has 0 bridgehead atoms. The standard InChI is InChI=1S/C20H11Cl2FN2O2/c21-14-7-12(8-15(22)10-14)19-6-5-18(27-19)9-13(11-24)20(26)25-17-3-1-16(23)2-4-17/h1-10H,(H,25,26)/b13-9+. The Kier molecular flexibility index (Phi) is 5.60. The number of anilines is 1. The molecular formula is C20H11Cl2FN2O2. The van der Waals surface area contributed by atoms with Crippen LogP contribution in [0.4, 0.5) is 10.1 Å². The van der Waals surface area contributed by atoms with E-state index in [0.717, 1.165) is 0 Å². The van der Waals surface area contributed by atoms with Crippen molar-refractivity contribution in [3.05, 3.63) is 81.8 Å². The average Bonchev–Trinajstić information content (AvgIpc) is 3.09. The van der Waals surface area contributed by atoms with E-state index in [-0.39, 0.29) is 5.57 Å². The summed E-state index contributed by atoms with van der Waals surface area (Å²) in [4.78, 5) is 12.2. The number of hydrogen-bond donors (Lipinski definition) is 1. The van der Waals surface area contributed by atoms with Gasteiger partial charge in [-0.15, -0.1) is 0 Å². The van der Waals surface area contributed by atoms with Crippen LogP contribution >= 0.6 is 23.2 Å². The summed E-state index contributed by atoms with van der Waals surface area (Å²) >= 11 is 12.0. The van der Waals surface area contributed by atoms with Gasteiger partial charge in [0, 0.05) is 27.4 Å². The molecule has 0 aliphatic carbocycles. The van der Waals surface area contributed by atoms with Crippen LogP contribution in [0.25, 0.3) is 17.4 Å². The third-order valence-electron chi connectivity index (χ3n) is 3.53. The first-order valence-corrected chi connectivity index (χ1v) is 8.45. The van der Waals surface area contributed by atoms with Crippen molar-refractivity contribution in [1.82, 2.24) is 0 Å². The highest BCUT2D eigenvalue weighted by Gasteiger charge is 2.12. The molecule has 3 rings (SSSR count). The molecule has 0 aliphatic rings. The van der Waals surface area contributed by atoms with E-state index in [1.54, 1.807) is 30.3 Å². The van der Waals surface area contributed by atoms with Crippen LogP contribution in [0.15, 0.2) is 64.6 Å². The van der Waals surface area contributed by atoms with Crippen molar-refractivity contribution in [3.63, 3.8) is 0 Å². The van der Waals surface area contributed by atoms with Gasteiger partial charge >= 0.3 is 0 Å². The van der Waals surface area contributed by atoms with Crippen molar-refractivity contribution < 1.29 is 13.6 Å². The Morgan fingerprint density at radius 1 is 1.07 bits per heavy atom. The molecule has 0 saturated carbocycles. The van der Waals surface area contributed by atoms with Crippen molar-refractivity contribution in [3.8, 4) is 17.4 Å². The fourth-order valence-corrected chi connectivity index (χ4v) is 2.83. The van der Waals surface area contributed by atoms with E-state index >= 15 is 0 Å². The van der Waals surface area contributed by atoms with Crippen molar-refractivity contribution >= 4 is 40.9 Å². The molecule has 27 heavy (non-hydrogen) atoms. The maximum atomic E-state index is 12.9. The van der Waals surface area contributed by atoms with Gasteiger partial charge in [-0.2, -0.15) is 5.26 Å². The molecule has 1 aromatic heterocycles. The van der Waals surface area contributed by atoms with E-state index in [1.807, 2.05) is 6.07 Å². The second-order valence-electron chi connectivity index (χ2n) is 5.49. The number of hydrogen-bond acceptors (Lipinski definition) is 3. The lowest BCUT2D eigenvalue weighted by Crippen LogP contribution is -2.13. The normalized spacial score (nSPS) is 11.1. The maximum absolute atomic E-state index is 12.9. The lowest BCUT2D eigenvalue weighted by atomic mass is 10.2. The molecule has 1 amide bonds. The predicted octanol–water partition coefficient (Wildman–Crippen LogP) is 5.94. The first-order valence-electron chi connectivity index (χ1n) is 7.69. The minimum absolute atomic E-state index is 0.163. The van der Waals surface area contributed by atoms with Crippen molar-refractivity contribution in [2.45, 2.75) is 0 Å². The molecular weight excluding hydrogens is 390 g/mol. The first-order chi connectivity index (χ1) is 12.9. The van der Waals surface area contributed by atoms with Crippen LogP contribution in [0.5, 0.6) is 0 Å². The van der Waals surface area contributed by atoms with Gasteiger partial charge in [-0.3, -0.25) is 4.79 Å². The Morgan fingerprint density at radius 3 is 2.37 bits per heavy atom. The molecule has 0 unspecified atom stereocenters. The molecule has 2 aromatic carbocycles. The quantitative estimate of drug-likeness (QED) is 0.435. The molecule has 7 heteroatoms. The molecule has 4 nitrogen and oxygen atoms in total. The summed E-state index contributed by atoms with van der Waals surface area (Å²) in [7, 11) is 0. The number of carbonyl (C=O) groups is 1. The third-order valence-corrected chi connectivity index (χ3v) is 3.96. The summed E-state index contributed by atoms with van der Waals surface area (Å²) < 4.78 is 18.6. The molecule has 3 aromatic rings. The van der Waals surface area contributed by atoms with Crippen LogP contribution < -0.4 is 5.32 Å². The van der Waals surface area contributed by atoms with Crippen molar-refractivity contribution in [2.75, 3.05) is 5.32 Å². The maximum Gasteiger partial charge on any atom is 0.266 e. The zero-order valence-electron chi connectivity index (χ0n) is 13.7. The molecule has 0 atom stereocenters. The van der Waals surface area contributed by atoms with E-state index in [9.17, 15) is 14.4 Å². The summed E-state index contributed by atoms with van der Waals surface area (Å²) in [5.41, 5.74) is 0.877. The van der Waals surface area contributed by atoms with Gasteiger partial charge in [0.25, 0.3) is 5.91 Å². The van der Waals surface area contributed by atoms with Gasteiger partial charge in [0.15, 0.2) is 0 Å². The largest absolute Gasteiger partial charge is 0.457 e. The van der Waals surface area contributed by atoms with Gasteiger partial charge < -0.3 is 9.73 Å². The monoisotopic (exact) mass is 400 g/mol. The van der Waals surface area contributed by atoms with E-state index in [0.29, 0.717) is 32.8 Å². The van der Waals surface area contributed by atoms with E-state index in [2.05, 4.69) is 5.32 Å². The second-order valence-corrected chi connectivity index (χ2v) is 6.36. The second kappa shape index (κ2) is 8.09. The highest BCUT2D eigenvalue weighted by molar-refractivity contribution is 6.35. The fourth-order valence-electron chi connectivity index (χ4n) is 2.30. The zero-order chi connectivity index (χ0) is 19.4. The highest BCUT2D eigenvalue weighted by Crippen LogP contribution is 2.29. The number of furan rings is 1. The Balaban J connectivity index is 1.81. The number of benzene rings is 2. The Bertz CT molecular complexity index is 1050. The van der Waals surface area contributed by atoms with Crippen molar-refractivity contribution in [2.24, 2.45) is 0 Å². The van der Waals surface area contributed by atoms with Crippen LogP contribution in [0.2, 0.25) is 10.0 Å². The molecule has 0 spiro atoms. The average molecular weight is 401 g/mol. The number of nitrogens with zero attached hydrogens (tertiary/aromatic N) is 1. The van der Waals surface area contributed by atoms with E-state index < -0.39 is 11.7 Å². The number of halogens is 3. The number of nitriles is 1. The Labute approximate surface area is 164 Å². The lowest BCUT2D eigenvalue weighted by molar-refractivity contribution is -0.112. The zero-order valence-corrected chi connectivity index (χ0v) is 15.2. The van der Waals surface area contributed by atoms with Crippen LogP contribution in [-0.4, -0.2) is 5.91 Å². The minimum Gasteiger partial charge on any atom is -0.457 e. The number of rotatable bonds is 4. The van der Waals surface area contributed by atoms with Gasteiger partial charge in [-0.1, -0.05) is 23.2 Å². The molecule has 0 radical (unpaired) electrons. The summed E-state index contributed by atoms with van der Waals surface area (Å²) in [6.45, 7) is 0. The number of carbonyl (C=O) groups excluding carboxylic acids is 1. The molecule has 0 fully saturated rings. The Morgan fingerprint density at radius 2 is 1.74 bits per heavy atom. The minimum atomic E-state index is -0.632. The van der Waals surface area contributed by atoms with Crippen LogP contribution in [0.1, 0.15) is 5.76 Å². The first kappa shape index (κ1) is 18.7. The lowest BCUT2D eigenvalue weighted by Gasteiger charge is -2.03. The summed E-state index contributed by atoms with van der Waals surface area (Å²) in [6.07, 6.45) is 1.31. The molecule has 1 heterocycles. The van der Waals surface area contributed by atoms with Gasteiger partial charge in [-0.25, -0.2) is 4.39 Å². The fraction of sp³-hybridized carbons (Fsp3) is 0. The van der Waals surface area contributed by atoms with E-state index in [1.165, 1.54) is 30.3 Å². The van der Waals surface area contributed by atoms with Crippen LogP contribution in [0.3, 0.4) is 0 Å². The molecule has 1 N–H and O–H groups in total. The summed E-state index contributed by atoms with van der Waals surface area (Å²) in [5, 5.41) is 12.7. The third kappa shape index (κ3) is 4.76. The van der Waals surface area contributed by atoms with E-state index in [4.69, 9.17) is 27.6 Å². The molecule has 0 aliphatic heterocycles. The highest BCUT2D eigenvalue weighted by atomic mass is 35.5. The SMILES string of the molecule is N#C/C(=C\c1ccc(-c2cc(Cl)cc(Cl)c2)o1)C(=O)Nc1ccc(F)cc1. The molecule has 0 saturated heterocycles. The topological polar surface area (TPSA) is 66.0 Å². The van der Waals surface area contributed by atoms with Gasteiger partial charge in [0.05, 0.1) is 0 Å². The predicted molar refractivity (Wildman–Crippen MR) is 103 cm³/mol. The van der Waals surface area contributed by atoms with Gasteiger partial charge in [-0.05, 0) is 54.6 Å².